The molecule has 0 aliphatic heterocycles. The van der Waals surface area contributed by atoms with Crippen molar-refractivity contribution in [1.29, 1.82) is 0 Å². The van der Waals surface area contributed by atoms with E-state index >= 15 is 0 Å². The van der Waals surface area contributed by atoms with E-state index in [0.29, 0.717) is 17.9 Å². The third-order valence-electron chi connectivity index (χ3n) is 6.43. The van der Waals surface area contributed by atoms with Crippen LogP contribution in [0.2, 0.25) is 0 Å². The summed E-state index contributed by atoms with van der Waals surface area (Å²) in [7, 11) is -3.82. The lowest BCUT2D eigenvalue weighted by molar-refractivity contribution is -0.208. The first-order chi connectivity index (χ1) is 13.3. The summed E-state index contributed by atoms with van der Waals surface area (Å²) in [6.45, 7) is 3.97. The Balaban J connectivity index is 2.05. The number of ether oxygens (including phenoxy) is 1. The second-order valence-corrected chi connectivity index (χ2v) is 9.99. The van der Waals surface area contributed by atoms with Crippen LogP contribution in [0.4, 0.5) is 13.2 Å². The molecule has 1 saturated carbocycles. The van der Waals surface area contributed by atoms with Crippen molar-refractivity contribution in [2.45, 2.75) is 49.7 Å². The Labute approximate surface area is 168 Å². The van der Waals surface area contributed by atoms with Gasteiger partial charge in [0.2, 0.25) is 15.6 Å². The molecule has 1 aromatic rings. The maximum absolute atomic E-state index is 14.3. The van der Waals surface area contributed by atoms with Crippen molar-refractivity contribution >= 4 is 16.0 Å². The highest BCUT2D eigenvalue weighted by Crippen LogP contribution is 2.60. The van der Waals surface area contributed by atoms with E-state index in [9.17, 15) is 26.4 Å². The molecule has 1 unspecified atom stereocenters. The maximum atomic E-state index is 14.3. The smallest absolute Gasteiger partial charge is 0.418 e. The average Bonchev–Trinajstić information content (AvgIpc) is 2.66. The molecule has 5 nitrogen and oxygen atoms in total. The number of benzene rings is 1. The molecular weight excluding hydrogens is 407 g/mol. The summed E-state index contributed by atoms with van der Waals surface area (Å²) >= 11 is 0. The van der Waals surface area contributed by atoms with E-state index in [2.05, 4.69) is 4.74 Å². The van der Waals surface area contributed by atoms with Crippen LogP contribution in [0.5, 0.6) is 0 Å². The number of sulfonamides is 1. The van der Waals surface area contributed by atoms with E-state index in [0.717, 1.165) is 13.5 Å². The number of halogens is 3. The number of carbonyl (C=O) groups excluding carboxylic acids is 1. The van der Waals surface area contributed by atoms with E-state index < -0.39 is 34.1 Å². The highest BCUT2D eigenvalue weighted by atomic mass is 32.2. The van der Waals surface area contributed by atoms with Crippen LogP contribution in [-0.4, -0.2) is 33.2 Å². The van der Waals surface area contributed by atoms with Gasteiger partial charge in [-0.2, -0.15) is 17.9 Å². The zero-order valence-electron chi connectivity index (χ0n) is 16.4. The number of esters is 1. The number of rotatable bonds is 6. The van der Waals surface area contributed by atoms with Crippen molar-refractivity contribution < 1.29 is 31.1 Å². The van der Waals surface area contributed by atoms with Gasteiger partial charge in [0.1, 0.15) is 0 Å². The summed E-state index contributed by atoms with van der Waals surface area (Å²) < 4.78 is 74.5. The molecule has 3 aliphatic rings. The lowest BCUT2D eigenvalue weighted by Gasteiger charge is -2.57. The number of carbonyl (C=O) groups is 1. The molecule has 1 aromatic carbocycles. The first-order valence-corrected chi connectivity index (χ1v) is 10.8. The van der Waals surface area contributed by atoms with Gasteiger partial charge in [0.15, 0.2) is 0 Å². The van der Waals surface area contributed by atoms with Crippen LogP contribution in [0.3, 0.4) is 0 Å². The van der Waals surface area contributed by atoms with E-state index in [1.54, 1.807) is 10.8 Å². The van der Waals surface area contributed by atoms with Crippen molar-refractivity contribution in [3.63, 3.8) is 0 Å². The Hall–Kier alpha value is -1.87. The number of alkyl halides is 3. The van der Waals surface area contributed by atoms with Gasteiger partial charge in [-0.15, -0.1) is 0 Å². The number of hydrogen-bond acceptors (Lipinski definition) is 4. The highest BCUT2D eigenvalue weighted by Gasteiger charge is 2.65. The Morgan fingerprint density at radius 3 is 2.34 bits per heavy atom. The van der Waals surface area contributed by atoms with Crippen molar-refractivity contribution in [2.24, 2.45) is 17.3 Å². The standard InChI is InChI=1S/C20H24F3NO4S/c1-18(2)14-10-9-13(16(18)11-14)12-19(17(25)28-3,20(21,22)23)24-29(26,27)15-7-5-4-6-8-15/h4-9,14,16,24H,10-12H2,1-3H3/t14-,16-,19?/m1/s1. The first kappa shape index (κ1) is 21.8. The molecule has 0 amide bonds. The summed E-state index contributed by atoms with van der Waals surface area (Å²) in [6, 6.07) is 6.66. The number of hydrogen-bond donors (Lipinski definition) is 1. The fraction of sp³-hybridized carbons (Fsp3) is 0.550. The summed E-state index contributed by atoms with van der Waals surface area (Å²) in [5.41, 5.74) is -3.15. The Kier molecular flexibility index (Phi) is 5.36. The predicted octanol–water partition coefficient (Wildman–Crippen LogP) is 3.82. The van der Waals surface area contributed by atoms with Crippen LogP contribution >= 0.6 is 0 Å². The fourth-order valence-corrected chi connectivity index (χ4v) is 5.83. The van der Waals surface area contributed by atoms with Crippen LogP contribution in [0, 0.1) is 17.3 Å². The maximum Gasteiger partial charge on any atom is 0.418 e. The minimum Gasteiger partial charge on any atom is -0.467 e. The van der Waals surface area contributed by atoms with Crippen LogP contribution in [0.15, 0.2) is 46.9 Å². The first-order valence-electron chi connectivity index (χ1n) is 9.28. The number of nitrogens with one attached hydrogen (secondary N) is 1. The molecule has 3 atom stereocenters. The summed E-state index contributed by atoms with van der Waals surface area (Å²) in [5, 5.41) is 0. The predicted molar refractivity (Wildman–Crippen MR) is 100 cm³/mol. The zero-order chi connectivity index (χ0) is 21.7. The Bertz CT molecular complexity index is 925. The molecule has 0 radical (unpaired) electrons. The second-order valence-electron chi connectivity index (χ2n) is 8.31. The van der Waals surface area contributed by atoms with Crippen molar-refractivity contribution in [1.82, 2.24) is 4.72 Å². The van der Waals surface area contributed by atoms with Gasteiger partial charge < -0.3 is 4.74 Å². The van der Waals surface area contributed by atoms with Crippen LogP contribution in [-0.2, 0) is 19.6 Å². The molecule has 1 N–H and O–H groups in total. The minimum absolute atomic E-state index is 0.131. The molecule has 1 fully saturated rings. The fourth-order valence-electron chi connectivity index (χ4n) is 4.47. The van der Waals surface area contributed by atoms with Gasteiger partial charge in [0, 0.05) is 6.42 Å². The molecule has 4 rings (SSSR count). The van der Waals surface area contributed by atoms with Crippen molar-refractivity contribution in [3.05, 3.63) is 42.0 Å². The molecule has 0 saturated heterocycles. The lowest BCUT2D eigenvalue weighted by Crippen LogP contribution is -2.65. The topological polar surface area (TPSA) is 72.5 Å². The minimum atomic E-state index is -5.20. The summed E-state index contributed by atoms with van der Waals surface area (Å²) in [4.78, 5) is 12.1. The van der Waals surface area contributed by atoms with Crippen LogP contribution in [0.25, 0.3) is 0 Å². The van der Waals surface area contributed by atoms with Gasteiger partial charge >= 0.3 is 12.1 Å². The van der Waals surface area contributed by atoms with E-state index in [1.807, 2.05) is 13.8 Å². The van der Waals surface area contributed by atoms with Crippen LogP contribution in [0.1, 0.15) is 33.1 Å². The third kappa shape index (κ3) is 3.59. The van der Waals surface area contributed by atoms with Gasteiger partial charge in [-0.25, -0.2) is 13.2 Å². The quantitative estimate of drug-likeness (QED) is 0.549. The number of methoxy groups -OCH3 is 1. The van der Waals surface area contributed by atoms with E-state index in [1.165, 1.54) is 30.3 Å². The Morgan fingerprint density at radius 2 is 1.86 bits per heavy atom. The summed E-state index contributed by atoms with van der Waals surface area (Å²) in [5.74, 6) is -1.42. The molecule has 3 aliphatic carbocycles. The molecule has 0 spiro atoms. The molecule has 9 heteroatoms. The molecule has 160 valence electrons. The summed E-state index contributed by atoms with van der Waals surface area (Å²) in [6.07, 6.45) is -2.95. The second kappa shape index (κ2) is 7.12. The highest BCUT2D eigenvalue weighted by molar-refractivity contribution is 7.89. The molecule has 29 heavy (non-hydrogen) atoms. The molecule has 2 bridgehead atoms. The molecule has 0 aromatic heterocycles. The number of allylic oxidation sites excluding steroid dienone is 1. The van der Waals surface area contributed by atoms with E-state index in [4.69, 9.17) is 0 Å². The van der Waals surface area contributed by atoms with Gasteiger partial charge in [-0.1, -0.05) is 43.7 Å². The SMILES string of the molecule is COC(=O)C(CC1=CC[C@@H]2C[C@H]1C2(C)C)(NS(=O)(=O)c1ccccc1)C(F)(F)F. The lowest BCUT2D eigenvalue weighted by atomic mass is 9.48. The van der Waals surface area contributed by atoms with Gasteiger partial charge in [0.05, 0.1) is 12.0 Å². The van der Waals surface area contributed by atoms with Crippen molar-refractivity contribution in [2.75, 3.05) is 7.11 Å². The normalized spacial score (nSPS) is 25.4. The molecular formula is C20H24F3NO4S. The van der Waals surface area contributed by atoms with Gasteiger partial charge in [-0.05, 0) is 42.2 Å². The zero-order valence-corrected chi connectivity index (χ0v) is 17.2. The monoisotopic (exact) mass is 431 g/mol. The largest absolute Gasteiger partial charge is 0.467 e. The number of fused-ring (bicyclic) bond motifs is 1. The van der Waals surface area contributed by atoms with Crippen LogP contribution < -0.4 is 4.72 Å². The Morgan fingerprint density at radius 1 is 1.24 bits per heavy atom. The molecule has 0 heterocycles. The third-order valence-corrected chi connectivity index (χ3v) is 7.94. The van der Waals surface area contributed by atoms with Gasteiger partial charge in [0.25, 0.3) is 0 Å². The average molecular weight is 431 g/mol. The van der Waals surface area contributed by atoms with E-state index in [-0.39, 0.29) is 16.2 Å². The van der Waals surface area contributed by atoms with Gasteiger partial charge in [-0.3, -0.25) is 0 Å². The van der Waals surface area contributed by atoms with Crippen molar-refractivity contribution in [3.8, 4) is 0 Å².